The average molecular weight is 559 g/mol. The fourth-order valence-corrected chi connectivity index (χ4v) is 7.96. The van der Waals surface area contributed by atoms with Crippen LogP contribution in [0.3, 0.4) is 0 Å². The van der Waals surface area contributed by atoms with Gasteiger partial charge in [0.1, 0.15) is 11.4 Å². The number of benzene rings is 1. The van der Waals surface area contributed by atoms with E-state index >= 15 is 0 Å². The van der Waals surface area contributed by atoms with Crippen LogP contribution in [0.1, 0.15) is 69.4 Å². The third-order valence-electron chi connectivity index (χ3n) is 8.33. The molecule has 39 heavy (non-hydrogen) atoms. The Labute approximate surface area is 226 Å². The van der Waals surface area contributed by atoms with Crippen molar-refractivity contribution < 1.29 is 17.2 Å². The van der Waals surface area contributed by atoms with Crippen molar-refractivity contribution in [3.8, 4) is 6.07 Å². The monoisotopic (exact) mass is 558 g/mol. The molecule has 5 rings (SSSR count). The summed E-state index contributed by atoms with van der Waals surface area (Å²) in [5, 5.41) is 12.9. The number of aromatic amines is 1. The molecule has 0 unspecified atom stereocenters. The van der Waals surface area contributed by atoms with E-state index in [9.17, 15) is 27.3 Å². The normalized spacial score (nSPS) is 25.9. The van der Waals surface area contributed by atoms with Crippen molar-refractivity contribution in [1.82, 2.24) is 9.29 Å². The molecule has 4 N–H and O–H groups in total. The Balaban J connectivity index is 1.42. The van der Waals surface area contributed by atoms with E-state index in [4.69, 9.17) is 5.73 Å². The molecule has 1 aliphatic heterocycles. The van der Waals surface area contributed by atoms with Crippen LogP contribution >= 0.6 is 0 Å². The SMILES string of the molecule is CC1(N2Cc3cc(N=C(N)c4c(N[C@H]5CCCC[C@@H]5C#N)cc[nH]c4=O)ccc3S2(=O)=O)CCC(F)(F)CC1. The second kappa shape index (κ2) is 10.0. The molecule has 0 spiro atoms. The number of alkyl halides is 2. The Kier molecular flexibility index (Phi) is 7.01. The second-order valence-electron chi connectivity index (χ2n) is 11.0. The first-order valence-corrected chi connectivity index (χ1v) is 14.6. The topological polar surface area (TPSA) is 144 Å². The quantitative estimate of drug-likeness (QED) is 0.367. The number of H-pyrrole nitrogens is 1. The predicted octanol–water partition coefficient (Wildman–Crippen LogP) is 4.38. The number of nitrogens with zero attached hydrogens (tertiary/aromatic N) is 3. The molecule has 2 saturated carbocycles. The number of nitrogens with one attached hydrogen (secondary N) is 2. The summed E-state index contributed by atoms with van der Waals surface area (Å²) in [7, 11) is -3.86. The predicted molar refractivity (Wildman–Crippen MR) is 143 cm³/mol. The number of nitriles is 1. The third-order valence-corrected chi connectivity index (χ3v) is 10.4. The maximum Gasteiger partial charge on any atom is 0.261 e. The minimum absolute atomic E-state index is 0.0530. The molecular formula is C27H32F2N6O3S. The second-order valence-corrected chi connectivity index (χ2v) is 12.9. The molecule has 1 aromatic heterocycles. The molecule has 12 heteroatoms. The van der Waals surface area contributed by atoms with Gasteiger partial charge in [0.15, 0.2) is 0 Å². The molecule has 2 atom stereocenters. The summed E-state index contributed by atoms with van der Waals surface area (Å²) in [6, 6.07) is 8.48. The van der Waals surface area contributed by atoms with Crippen LogP contribution in [0, 0.1) is 17.2 Å². The number of hydrogen-bond acceptors (Lipinski definition) is 6. The van der Waals surface area contributed by atoms with Gasteiger partial charge < -0.3 is 16.0 Å². The van der Waals surface area contributed by atoms with Gasteiger partial charge in [-0.2, -0.15) is 9.57 Å². The van der Waals surface area contributed by atoms with Gasteiger partial charge in [-0.3, -0.25) is 4.79 Å². The number of aliphatic imine (C=N–C) groups is 1. The molecule has 0 saturated heterocycles. The molecule has 0 amide bonds. The highest BCUT2D eigenvalue weighted by Crippen LogP contribution is 2.46. The number of fused-ring (bicyclic) bond motifs is 1. The first-order valence-electron chi connectivity index (χ1n) is 13.2. The average Bonchev–Trinajstić information content (AvgIpc) is 3.16. The van der Waals surface area contributed by atoms with Gasteiger partial charge in [0, 0.05) is 37.2 Å². The fraction of sp³-hybridized carbons (Fsp3) is 0.519. The van der Waals surface area contributed by atoms with Gasteiger partial charge in [0.2, 0.25) is 15.9 Å². The maximum absolute atomic E-state index is 13.8. The van der Waals surface area contributed by atoms with Crippen molar-refractivity contribution in [1.29, 1.82) is 5.26 Å². The van der Waals surface area contributed by atoms with Crippen molar-refractivity contribution in [3.63, 3.8) is 0 Å². The lowest BCUT2D eigenvalue weighted by molar-refractivity contribution is -0.0649. The number of rotatable bonds is 5. The van der Waals surface area contributed by atoms with E-state index in [0.717, 1.165) is 25.7 Å². The Morgan fingerprint density at radius 2 is 1.92 bits per heavy atom. The van der Waals surface area contributed by atoms with E-state index in [-0.39, 0.29) is 60.5 Å². The number of amidine groups is 1. The standard InChI is InChI=1S/C27H32F2N6O3S/c1-26(9-11-27(28,29)12-10-26)35-16-18-14-19(6-7-22(18)39(35,37)38)33-24(31)23-21(8-13-32-25(23)36)34-20-5-3-2-4-17(20)15-30/h6-8,13-14,17,20H,2-5,9-12,16H2,1H3,(H2,31,33)(H2,32,34,36)/t17-,20+/m1/s1. The van der Waals surface area contributed by atoms with E-state index in [2.05, 4.69) is 21.4 Å². The highest BCUT2D eigenvalue weighted by Gasteiger charge is 2.50. The summed E-state index contributed by atoms with van der Waals surface area (Å²) in [5.74, 6) is -3.00. The molecule has 0 bridgehead atoms. The molecule has 9 nitrogen and oxygen atoms in total. The van der Waals surface area contributed by atoms with Crippen molar-refractivity contribution >= 4 is 27.2 Å². The maximum atomic E-state index is 13.8. The lowest BCUT2D eigenvalue weighted by Crippen LogP contribution is -2.50. The van der Waals surface area contributed by atoms with Crippen molar-refractivity contribution in [2.45, 2.75) is 87.2 Å². The zero-order valence-corrected chi connectivity index (χ0v) is 22.5. The number of sulfonamides is 1. The van der Waals surface area contributed by atoms with Gasteiger partial charge in [-0.05, 0) is 62.4 Å². The van der Waals surface area contributed by atoms with E-state index < -0.39 is 27.0 Å². The van der Waals surface area contributed by atoms with Crippen molar-refractivity contribution in [2.75, 3.05) is 5.32 Å². The zero-order valence-electron chi connectivity index (χ0n) is 21.7. The molecule has 2 fully saturated rings. The van der Waals surface area contributed by atoms with Crippen LogP contribution in [0.2, 0.25) is 0 Å². The highest BCUT2D eigenvalue weighted by atomic mass is 32.2. The van der Waals surface area contributed by atoms with Gasteiger partial charge >= 0.3 is 0 Å². The van der Waals surface area contributed by atoms with E-state index in [1.165, 1.54) is 22.6 Å². The molecule has 0 radical (unpaired) electrons. The number of aromatic nitrogens is 1. The molecular weight excluding hydrogens is 526 g/mol. The van der Waals surface area contributed by atoms with Gasteiger partial charge in [-0.15, -0.1) is 0 Å². The zero-order chi connectivity index (χ0) is 28.0. The minimum atomic E-state index is -3.86. The minimum Gasteiger partial charge on any atom is -0.383 e. The summed E-state index contributed by atoms with van der Waals surface area (Å²) in [5.41, 5.74) is 6.46. The highest BCUT2D eigenvalue weighted by molar-refractivity contribution is 7.89. The number of nitrogens with two attached hydrogens (primary N) is 1. The van der Waals surface area contributed by atoms with E-state index in [0.29, 0.717) is 16.9 Å². The van der Waals surface area contributed by atoms with Crippen LogP contribution in [-0.2, 0) is 16.6 Å². The molecule has 2 aliphatic carbocycles. The first kappa shape index (κ1) is 27.3. The third kappa shape index (κ3) is 5.17. The van der Waals surface area contributed by atoms with E-state index in [1.54, 1.807) is 19.1 Å². The summed E-state index contributed by atoms with van der Waals surface area (Å²) in [4.78, 5) is 20.0. The number of halogens is 2. The van der Waals surface area contributed by atoms with Crippen LogP contribution in [0.5, 0.6) is 0 Å². The van der Waals surface area contributed by atoms with Gasteiger partial charge in [-0.25, -0.2) is 22.2 Å². The van der Waals surface area contributed by atoms with Gasteiger partial charge in [0.25, 0.3) is 5.56 Å². The molecule has 1 aromatic carbocycles. The Hall–Kier alpha value is -3.30. The van der Waals surface area contributed by atoms with Crippen LogP contribution < -0.4 is 16.6 Å². The van der Waals surface area contributed by atoms with Crippen molar-refractivity contribution in [2.24, 2.45) is 16.6 Å². The fourth-order valence-electron chi connectivity index (χ4n) is 5.96. The first-order chi connectivity index (χ1) is 18.4. The van der Waals surface area contributed by atoms with Gasteiger partial charge in [-0.1, -0.05) is 12.8 Å². The summed E-state index contributed by atoms with van der Waals surface area (Å²) >= 11 is 0. The Morgan fingerprint density at radius 1 is 1.21 bits per heavy atom. The number of pyridine rings is 1. The molecule has 208 valence electrons. The Bertz CT molecular complexity index is 1500. The summed E-state index contributed by atoms with van der Waals surface area (Å²) in [6.07, 6.45) is 4.50. The van der Waals surface area contributed by atoms with Crippen LogP contribution in [-0.4, -0.2) is 41.0 Å². The smallest absolute Gasteiger partial charge is 0.261 e. The van der Waals surface area contributed by atoms with E-state index in [1.807, 2.05) is 0 Å². The van der Waals surface area contributed by atoms with Crippen LogP contribution in [0.25, 0.3) is 0 Å². The number of hydrogen-bond donors (Lipinski definition) is 3. The molecule has 2 heterocycles. The largest absolute Gasteiger partial charge is 0.383 e. The van der Waals surface area contributed by atoms with Crippen LogP contribution in [0.15, 0.2) is 45.1 Å². The lowest BCUT2D eigenvalue weighted by atomic mass is 9.81. The number of anilines is 1. The molecule has 3 aliphatic rings. The molecule has 2 aromatic rings. The Morgan fingerprint density at radius 3 is 2.64 bits per heavy atom. The van der Waals surface area contributed by atoms with Crippen molar-refractivity contribution in [3.05, 3.63) is 51.9 Å². The lowest BCUT2D eigenvalue weighted by Gasteiger charge is -2.42. The summed E-state index contributed by atoms with van der Waals surface area (Å²) < 4.78 is 55.6. The van der Waals surface area contributed by atoms with Crippen LogP contribution in [0.4, 0.5) is 20.2 Å². The van der Waals surface area contributed by atoms with Gasteiger partial charge in [0.05, 0.1) is 28.3 Å². The summed E-state index contributed by atoms with van der Waals surface area (Å²) in [6.45, 7) is 1.78.